The minimum absolute atomic E-state index is 0.108. The molecule has 0 bridgehead atoms. The summed E-state index contributed by atoms with van der Waals surface area (Å²) in [6, 6.07) is 21.6. The van der Waals surface area contributed by atoms with Gasteiger partial charge in [0.1, 0.15) is 23.7 Å². The van der Waals surface area contributed by atoms with Gasteiger partial charge in [0.15, 0.2) is 0 Å². The smallest absolute Gasteiger partial charge is 0.274 e. The number of carbonyl (C=O) groups is 1. The first-order chi connectivity index (χ1) is 16.0. The summed E-state index contributed by atoms with van der Waals surface area (Å²) in [5.74, 6) is 0.670. The molecule has 0 N–H and O–H groups in total. The summed E-state index contributed by atoms with van der Waals surface area (Å²) >= 11 is 2.32. The van der Waals surface area contributed by atoms with Crippen molar-refractivity contribution in [3.05, 3.63) is 99.5 Å². The molecule has 7 heteroatoms. The number of hydrogen-bond acceptors (Lipinski definition) is 4. The fourth-order valence-corrected chi connectivity index (χ4v) is 4.15. The van der Waals surface area contributed by atoms with Gasteiger partial charge in [0.05, 0.1) is 12.6 Å². The van der Waals surface area contributed by atoms with Gasteiger partial charge in [-0.2, -0.15) is 0 Å². The zero-order valence-corrected chi connectivity index (χ0v) is 20.8. The Hall–Kier alpha value is -2.91. The lowest BCUT2D eigenvalue weighted by Crippen LogP contribution is -2.40. The normalized spacial score (nSPS) is 12.0. The molecule has 0 fully saturated rings. The fourth-order valence-electron chi connectivity index (χ4n) is 3.61. The maximum absolute atomic E-state index is 13.4. The van der Waals surface area contributed by atoms with Gasteiger partial charge < -0.3 is 18.8 Å². The molecule has 1 atom stereocenters. The van der Waals surface area contributed by atoms with E-state index in [0.717, 1.165) is 22.5 Å². The van der Waals surface area contributed by atoms with E-state index in [9.17, 15) is 4.79 Å². The molecule has 0 radical (unpaired) electrons. The number of rotatable bonds is 9. The summed E-state index contributed by atoms with van der Waals surface area (Å²) in [4.78, 5) is 19.7. The number of ether oxygens (including phenoxy) is 2. The molecule has 4 aromatic rings. The van der Waals surface area contributed by atoms with Crippen molar-refractivity contribution in [1.29, 1.82) is 0 Å². The third-order valence-corrected chi connectivity index (χ3v) is 6.46. The van der Waals surface area contributed by atoms with E-state index in [4.69, 9.17) is 9.47 Å². The molecule has 4 rings (SSSR count). The molecule has 0 spiro atoms. The number of hydrogen-bond donors (Lipinski definition) is 0. The van der Waals surface area contributed by atoms with Gasteiger partial charge in [-0.15, -0.1) is 0 Å². The van der Waals surface area contributed by atoms with Gasteiger partial charge >= 0.3 is 0 Å². The van der Waals surface area contributed by atoms with Crippen LogP contribution in [0.5, 0.6) is 5.75 Å². The van der Waals surface area contributed by atoms with E-state index in [1.807, 2.05) is 72.1 Å². The lowest BCUT2D eigenvalue weighted by molar-refractivity contribution is 0.0537. The monoisotopic (exact) mass is 555 g/mol. The van der Waals surface area contributed by atoms with Crippen molar-refractivity contribution in [2.75, 3.05) is 13.7 Å². The van der Waals surface area contributed by atoms with Crippen molar-refractivity contribution in [3.63, 3.8) is 0 Å². The van der Waals surface area contributed by atoms with E-state index in [1.165, 1.54) is 3.57 Å². The highest BCUT2D eigenvalue weighted by atomic mass is 127. The molecule has 33 heavy (non-hydrogen) atoms. The highest BCUT2D eigenvalue weighted by molar-refractivity contribution is 14.1. The molecule has 0 saturated heterocycles. The number of pyridine rings is 1. The molecular formula is C26H26IN3O3. The number of methoxy groups -OCH3 is 1. The van der Waals surface area contributed by atoms with Gasteiger partial charge in [0.2, 0.25) is 0 Å². The second kappa shape index (κ2) is 10.8. The van der Waals surface area contributed by atoms with Crippen LogP contribution in [-0.4, -0.2) is 40.0 Å². The van der Waals surface area contributed by atoms with E-state index < -0.39 is 0 Å². The average Bonchev–Trinajstić information content (AvgIpc) is 3.27. The van der Waals surface area contributed by atoms with Gasteiger partial charge in [0, 0.05) is 35.2 Å². The Morgan fingerprint density at radius 1 is 1.09 bits per heavy atom. The van der Waals surface area contributed by atoms with Gasteiger partial charge in [0.25, 0.3) is 5.91 Å². The molecule has 2 aromatic heterocycles. The lowest BCUT2D eigenvalue weighted by Gasteiger charge is -2.28. The number of carbonyl (C=O) groups excluding carboxylic acids is 1. The van der Waals surface area contributed by atoms with E-state index in [0.29, 0.717) is 25.5 Å². The Morgan fingerprint density at radius 2 is 1.85 bits per heavy atom. The van der Waals surface area contributed by atoms with Crippen LogP contribution in [0.25, 0.3) is 5.65 Å². The standard InChI is InChI=1S/C26H26IN3O3/c1-19(17-32-2)30(26(31)24-16-29-14-6-5-9-25(29)28-24)15-20-10-12-22(13-11-20)33-18-21-7-3-4-8-23(21)27/h3-14,16,19H,15,17-18H2,1-2H3/t19-/m1/s1. The Labute approximate surface area is 207 Å². The average molecular weight is 555 g/mol. The molecule has 0 saturated carbocycles. The zero-order chi connectivity index (χ0) is 23.2. The lowest BCUT2D eigenvalue weighted by atomic mass is 10.1. The maximum atomic E-state index is 13.4. The van der Waals surface area contributed by atoms with Crippen LogP contribution in [0.3, 0.4) is 0 Å². The number of fused-ring (bicyclic) bond motifs is 1. The third-order valence-electron chi connectivity index (χ3n) is 5.41. The van der Waals surface area contributed by atoms with Crippen LogP contribution < -0.4 is 4.74 Å². The summed E-state index contributed by atoms with van der Waals surface area (Å²) in [6.45, 7) is 3.39. The minimum Gasteiger partial charge on any atom is -0.489 e. The van der Waals surface area contributed by atoms with Crippen LogP contribution in [0.4, 0.5) is 0 Å². The molecule has 0 aliphatic rings. The summed E-state index contributed by atoms with van der Waals surface area (Å²) < 4.78 is 14.3. The van der Waals surface area contributed by atoms with Gasteiger partial charge in [-0.3, -0.25) is 4.79 Å². The third kappa shape index (κ3) is 5.72. The predicted octanol–water partition coefficient (Wildman–Crippen LogP) is 5.20. The topological polar surface area (TPSA) is 56.1 Å². The largest absolute Gasteiger partial charge is 0.489 e. The van der Waals surface area contributed by atoms with Crippen molar-refractivity contribution >= 4 is 34.1 Å². The summed E-state index contributed by atoms with van der Waals surface area (Å²) in [7, 11) is 1.64. The molecule has 6 nitrogen and oxygen atoms in total. The molecule has 0 unspecified atom stereocenters. The van der Waals surface area contributed by atoms with Crippen molar-refractivity contribution in [3.8, 4) is 5.75 Å². The molecule has 2 aromatic carbocycles. The first kappa shape index (κ1) is 23.3. The molecule has 0 aliphatic heterocycles. The number of halogens is 1. The molecule has 1 amide bonds. The van der Waals surface area contributed by atoms with Crippen LogP contribution in [0.2, 0.25) is 0 Å². The number of amides is 1. The highest BCUT2D eigenvalue weighted by Crippen LogP contribution is 2.20. The van der Waals surface area contributed by atoms with E-state index in [2.05, 4.69) is 39.7 Å². The minimum atomic E-state index is -0.123. The quantitative estimate of drug-likeness (QED) is 0.267. The van der Waals surface area contributed by atoms with Crippen LogP contribution in [0, 0.1) is 3.57 Å². The van der Waals surface area contributed by atoms with Gasteiger partial charge in [-0.25, -0.2) is 4.98 Å². The second-order valence-electron chi connectivity index (χ2n) is 7.85. The van der Waals surface area contributed by atoms with Crippen molar-refractivity contribution < 1.29 is 14.3 Å². The predicted molar refractivity (Wildman–Crippen MR) is 136 cm³/mol. The summed E-state index contributed by atoms with van der Waals surface area (Å²) in [6.07, 6.45) is 3.66. The van der Waals surface area contributed by atoms with Crippen molar-refractivity contribution in [1.82, 2.24) is 14.3 Å². The highest BCUT2D eigenvalue weighted by Gasteiger charge is 2.24. The van der Waals surface area contributed by atoms with Gasteiger partial charge in [-0.05, 0) is 65.4 Å². The van der Waals surface area contributed by atoms with E-state index in [-0.39, 0.29) is 11.9 Å². The molecular weight excluding hydrogens is 529 g/mol. The van der Waals surface area contributed by atoms with Crippen LogP contribution in [0.1, 0.15) is 28.5 Å². The van der Waals surface area contributed by atoms with E-state index in [1.54, 1.807) is 18.2 Å². The van der Waals surface area contributed by atoms with Gasteiger partial charge in [-0.1, -0.05) is 36.4 Å². The number of aromatic nitrogens is 2. The fraction of sp³-hybridized carbons (Fsp3) is 0.231. The number of nitrogens with zero attached hydrogens (tertiary/aromatic N) is 3. The zero-order valence-electron chi connectivity index (χ0n) is 18.6. The Bertz CT molecular complexity index is 1190. The van der Waals surface area contributed by atoms with Crippen LogP contribution in [-0.2, 0) is 17.9 Å². The molecule has 2 heterocycles. The maximum Gasteiger partial charge on any atom is 0.274 e. The first-order valence-corrected chi connectivity index (χ1v) is 11.8. The summed E-state index contributed by atoms with van der Waals surface area (Å²) in [5, 5.41) is 0. The first-order valence-electron chi connectivity index (χ1n) is 10.7. The number of benzene rings is 2. The molecule has 170 valence electrons. The second-order valence-corrected chi connectivity index (χ2v) is 9.02. The molecule has 0 aliphatic carbocycles. The Morgan fingerprint density at radius 3 is 2.58 bits per heavy atom. The SMILES string of the molecule is COC[C@@H](C)N(Cc1ccc(OCc2ccccc2I)cc1)C(=O)c1cn2ccccc2n1. The van der Waals surface area contributed by atoms with Crippen molar-refractivity contribution in [2.45, 2.75) is 26.1 Å². The van der Waals surface area contributed by atoms with Crippen molar-refractivity contribution in [2.24, 2.45) is 0 Å². The summed E-state index contributed by atoms with van der Waals surface area (Å²) in [5.41, 5.74) is 3.33. The Kier molecular flexibility index (Phi) is 7.61. The van der Waals surface area contributed by atoms with E-state index >= 15 is 0 Å². The van der Waals surface area contributed by atoms with Crippen LogP contribution >= 0.6 is 22.6 Å². The van der Waals surface area contributed by atoms with Crippen LogP contribution in [0.15, 0.2) is 79.1 Å². The Balaban J connectivity index is 1.47. The number of imidazole rings is 1.